The lowest BCUT2D eigenvalue weighted by Crippen LogP contribution is -2.46. The first-order valence-electron chi connectivity index (χ1n) is 10.9. The van der Waals surface area contributed by atoms with E-state index in [1.165, 1.54) is 25.3 Å². The van der Waals surface area contributed by atoms with Gasteiger partial charge in [-0.25, -0.2) is 26.7 Å². The van der Waals surface area contributed by atoms with E-state index in [-0.39, 0.29) is 43.0 Å². The van der Waals surface area contributed by atoms with Gasteiger partial charge in [0, 0.05) is 30.5 Å². The fraction of sp³-hybridized carbons (Fsp3) is 0.391. The molecule has 0 heterocycles. The van der Waals surface area contributed by atoms with E-state index in [2.05, 4.69) is 10.6 Å². The lowest BCUT2D eigenvalue weighted by Gasteiger charge is -2.28. The maximum atomic E-state index is 13.2. The van der Waals surface area contributed by atoms with Crippen molar-refractivity contribution in [1.29, 1.82) is 0 Å². The molecule has 35 heavy (non-hydrogen) atoms. The smallest absolute Gasteiger partial charge is 0.328 e. The van der Waals surface area contributed by atoms with Crippen molar-refractivity contribution in [2.24, 2.45) is 0 Å². The number of hydrogen-bond donors (Lipinski definition) is 3. The van der Waals surface area contributed by atoms with E-state index in [1.807, 2.05) is 4.72 Å². The predicted octanol–water partition coefficient (Wildman–Crippen LogP) is 3.89. The Morgan fingerprint density at radius 3 is 2.40 bits per heavy atom. The number of sulfonamides is 1. The van der Waals surface area contributed by atoms with Crippen LogP contribution in [-0.2, 0) is 16.4 Å². The van der Waals surface area contributed by atoms with Crippen LogP contribution in [0.4, 0.5) is 13.6 Å². The van der Waals surface area contributed by atoms with Crippen LogP contribution in [0.3, 0.4) is 0 Å². The van der Waals surface area contributed by atoms with Crippen LogP contribution >= 0.6 is 11.6 Å². The molecule has 190 valence electrons. The molecule has 0 aromatic heterocycles. The van der Waals surface area contributed by atoms with E-state index >= 15 is 0 Å². The zero-order valence-corrected chi connectivity index (χ0v) is 20.5. The second kappa shape index (κ2) is 11.2. The number of amides is 3. The van der Waals surface area contributed by atoms with Gasteiger partial charge in [0.1, 0.15) is 5.75 Å². The molecule has 1 saturated carbocycles. The van der Waals surface area contributed by atoms with E-state index < -0.39 is 28.0 Å². The third kappa shape index (κ3) is 7.53. The van der Waals surface area contributed by atoms with Crippen molar-refractivity contribution in [3.05, 3.63) is 58.6 Å². The fourth-order valence-electron chi connectivity index (χ4n) is 3.69. The molecule has 2 aromatic rings. The van der Waals surface area contributed by atoms with Gasteiger partial charge >= 0.3 is 6.03 Å². The number of methoxy groups -OCH3 is 1. The Hall–Kier alpha value is -2.92. The molecule has 0 radical (unpaired) electrons. The molecular formula is C23H26ClF2N3O5S. The molecule has 8 nitrogen and oxygen atoms in total. The number of benzene rings is 2. The lowest BCUT2D eigenvalue weighted by atomic mass is 9.92. The Labute approximate surface area is 207 Å². The van der Waals surface area contributed by atoms with E-state index in [0.717, 1.165) is 5.56 Å². The first kappa shape index (κ1) is 26.7. The molecule has 3 N–H and O–H groups in total. The van der Waals surface area contributed by atoms with Crippen LogP contribution in [0.2, 0.25) is 5.02 Å². The number of urea groups is 1. The summed E-state index contributed by atoms with van der Waals surface area (Å²) in [5, 5.41) is 5.59. The number of carbonyl (C=O) groups is 2. The fourth-order valence-corrected chi connectivity index (χ4v) is 4.78. The Balaban J connectivity index is 1.50. The summed E-state index contributed by atoms with van der Waals surface area (Å²) in [5.74, 6) is -2.71. The highest BCUT2D eigenvalue weighted by molar-refractivity contribution is 7.90. The molecule has 12 heteroatoms. The molecule has 1 fully saturated rings. The Morgan fingerprint density at radius 2 is 1.77 bits per heavy atom. The van der Waals surface area contributed by atoms with Crippen LogP contribution < -0.4 is 20.1 Å². The largest absolute Gasteiger partial charge is 0.496 e. The van der Waals surface area contributed by atoms with Crippen LogP contribution in [0, 0.1) is 0 Å². The van der Waals surface area contributed by atoms with Crippen LogP contribution in [0.1, 0.15) is 41.6 Å². The molecule has 3 rings (SSSR count). The van der Waals surface area contributed by atoms with Crippen molar-refractivity contribution in [2.75, 3.05) is 13.7 Å². The Kier molecular flexibility index (Phi) is 8.55. The summed E-state index contributed by atoms with van der Waals surface area (Å²) in [6.07, 6.45) is -0.112. The van der Waals surface area contributed by atoms with Crippen LogP contribution in [0.25, 0.3) is 0 Å². The van der Waals surface area contributed by atoms with Crippen molar-refractivity contribution < 1.29 is 31.5 Å². The minimum absolute atomic E-state index is 0.0792. The molecular weight excluding hydrogens is 504 g/mol. The number of hydrogen-bond acceptors (Lipinski definition) is 5. The average molecular weight is 530 g/mol. The highest BCUT2D eigenvalue weighted by Gasteiger charge is 2.35. The van der Waals surface area contributed by atoms with Crippen molar-refractivity contribution in [2.45, 2.75) is 49.0 Å². The SMILES string of the molecule is COc1ccc(Cl)cc1C(=O)NCCc1ccc(S(=O)(=O)NC(=O)NC2CCC(F)(F)CC2)cc1. The summed E-state index contributed by atoms with van der Waals surface area (Å²) in [5.41, 5.74) is 1.06. The van der Waals surface area contributed by atoms with Gasteiger partial charge in [-0.3, -0.25) is 4.79 Å². The minimum Gasteiger partial charge on any atom is -0.496 e. The summed E-state index contributed by atoms with van der Waals surface area (Å²) >= 11 is 5.95. The maximum Gasteiger partial charge on any atom is 0.328 e. The number of halogens is 3. The Bertz CT molecular complexity index is 1170. The van der Waals surface area contributed by atoms with Crippen LogP contribution in [0.15, 0.2) is 47.4 Å². The molecule has 0 bridgehead atoms. The lowest BCUT2D eigenvalue weighted by molar-refractivity contribution is -0.0395. The van der Waals surface area contributed by atoms with E-state index in [4.69, 9.17) is 16.3 Å². The molecule has 1 aliphatic rings. The molecule has 2 aromatic carbocycles. The zero-order chi connectivity index (χ0) is 25.6. The first-order valence-corrected chi connectivity index (χ1v) is 12.8. The number of alkyl halides is 2. The molecule has 3 amide bonds. The number of carbonyl (C=O) groups excluding carboxylic acids is 2. The summed E-state index contributed by atoms with van der Waals surface area (Å²) in [6.45, 7) is 0.279. The van der Waals surface area contributed by atoms with E-state index in [9.17, 15) is 26.8 Å². The van der Waals surface area contributed by atoms with Gasteiger partial charge in [0.05, 0.1) is 17.6 Å². The van der Waals surface area contributed by atoms with Crippen LogP contribution in [0.5, 0.6) is 5.75 Å². The van der Waals surface area contributed by atoms with Gasteiger partial charge in [0.15, 0.2) is 0 Å². The standard InChI is InChI=1S/C23H26ClF2N3O5S/c1-34-20-7-4-16(24)14-19(20)21(30)27-13-10-15-2-5-18(6-3-15)35(32,33)29-22(31)28-17-8-11-23(25,26)12-9-17/h2-7,14,17H,8-13H2,1H3,(H,27,30)(H2,28,29,31). The first-order chi connectivity index (χ1) is 16.5. The van der Waals surface area contributed by atoms with Crippen molar-refractivity contribution in [3.63, 3.8) is 0 Å². The highest BCUT2D eigenvalue weighted by atomic mass is 35.5. The Morgan fingerprint density at radius 1 is 1.11 bits per heavy atom. The van der Waals surface area contributed by atoms with E-state index in [1.54, 1.807) is 24.3 Å². The topological polar surface area (TPSA) is 114 Å². The summed E-state index contributed by atoms with van der Waals surface area (Å²) < 4.78 is 58.5. The number of rotatable bonds is 8. The van der Waals surface area contributed by atoms with Gasteiger partial charge in [-0.15, -0.1) is 0 Å². The third-order valence-electron chi connectivity index (χ3n) is 5.62. The maximum absolute atomic E-state index is 13.2. The molecule has 0 aliphatic heterocycles. The zero-order valence-electron chi connectivity index (χ0n) is 18.9. The quantitative estimate of drug-likeness (QED) is 0.480. The molecule has 0 unspecified atom stereocenters. The monoisotopic (exact) mass is 529 g/mol. The predicted molar refractivity (Wildman–Crippen MR) is 127 cm³/mol. The van der Waals surface area contributed by atoms with Crippen molar-refractivity contribution in [1.82, 2.24) is 15.4 Å². The van der Waals surface area contributed by atoms with Gasteiger partial charge in [-0.1, -0.05) is 23.7 Å². The molecule has 0 saturated heterocycles. The summed E-state index contributed by atoms with van der Waals surface area (Å²) in [6, 6.07) is 9.08. The highest BCUT2D eigenvalue weighted by Crippen LogP contribution is 2.33. The normalized spacial score (nSPS) is 15.8. The van der Waals surface area contributed by atoms with Crippen molar-refractivity contribution in [3.8, 4) is 5.75 Å². The van der Waals surface area contributed by atoms with Crippen molar-refractivity contribution >= 4 is 33.6 Å². The van der Waals surface area contributed by atoms with Gasteiger partial charge in [-0.05, 0) is 55.2 Å². The third-order valence-corrected chi connectivity index (χ3v) is 7.20. The summed E-state index contributed by atoms with van der Waals surface area (Å²) in [4.78, 5) is 24.4. The second-order valence-corrected chi connectivity index (χ2v) is 10.3. The molecule has 1 aliphatic carbocycles. The van der Waals surface area contributed by atoms with Gasteiger partial charge in [0.25, 0.3) is 15.9 Å². The number of ether oxygens (including phenoxy) is 1. The van der Waals surface area contributed by atoms with Gasteiger partial charge in [-0.2, -0.15) is 0 Å². The summed E-state index contributed by atoms with van der Waals surface area (Å²) in [7, 11) is -2.69. The van der Waals surface area contributed by atoms with Crippen LogP contribution in [-0.4, -0.2) is 46.0 Å². The van der Waals surface area contributed by atoms with Gasteiger partial charge < -0.3 is 15.4 Å². The van der Waals surface area contributed by atoms with Gasteiger partial charge in [0.2, 0.25) is 5.92 Å². The minimum atomic E-state index is -4.14. The molecule has 0 spiro atoms. The average Bonchev–Trinajstić information content (AvgIpc) is 2.80. The van der Waals surface area contributed by atoms with E-state index in [0.29, 0.717) is 22.8 Å². The molecule has 0 atom stereocenters. The second-order valence-electron chi connectivity index (χ2n) is 8.20. The number of nitrogens with one attached hydrogen (secondary N) is 3.